The molecule has 2 N–H and O–H groups in total. The molecule has 1 atom stereocenters. The van der Waals surface area contributed by atoms with E-state index in [4.69, 9.17) is 10.5 Å². The molecule has 1 aliphatic rings. The summed E-state index contributed by atoms with van der Waals surface area (Å²) in [6, 6.07) is 11.9. The highest BCUT2D eigenvalue weighted by atomic mass is 32.1. The second kappa shape index (κ2) is 9.40. The first-order valence-corrected chi connectivity index (χ1v) is 10.5. The number of nitrogens with zero attached hydrogens (tertiary/aromatic N) is 2. The van der Waals surface area contributed by atoms with E-state index in [2.05, 4.69) is 57.8 Å². The second-order valence-corrected chi connectivity index (χ2v) is 7.93. The molecule has 1 aliphatic heterocycles. The summed E-state index contributed by atoms with van der Waals surface area (Å²) in [5, 5.41) is 4.42. The lowest BCUT2D eigenvalue weighted by Crippen LogP contribution is -2.47. The summed E-state index contributed by atoms with van der Waals surface area (Å²) in [6.45, 7) is 6.36. The summed E-state index contributed by atoms with van der Waals surface area (Å²) in [5.41, 5.74) is 8.42. The number of nitrogens with two attached hydrogens (primary N) is 1. The third-order valence-corrected chi connectivity index (χ3v) is 6.22. The number of benzene rings is 1. The fraction of sp³-hybridized carbons (Fsp3) is 0.524. The molecule has 0 aliphatic carbocycles. The maximum absolute atomic E-state index is 5.74. The maximum Gasteiger partial charge on any atom is 0.119 e. The van der Waals surface area contributed by atoms with E-state index in [1.165, 1.54) is 24.1 Å². The number of likely N-dealkylation sites (tertiary alicyclic amines) is 1. The fourth-order valence-corrected chi connectivity index (χ4v) is 4.51. The predicted octanol–water partition coefficient (Wildman–Crippen LogP) is 3.97. The second-order valence-electron chi connectivity index (χ2n) is 7.15. The van der Waals surface area contributed by atoms with E-state index in [0.29, 0.717) is 12.1 Å². The number of hydrogen-bond acceptors (Lipinski definition) is 5. The van der Waals surface area contributed by atoms with Gasteiger partial charge in [0, 0.05) is 37.4 Å². The number of thiophene rings is 1. The normalized spacial score (nSPS) is 17.2. The van der Waals surface area contributed by atoms with Crippen molar-refractivity contribution in [3.8, 4) is 5.75 Å². The summed E-state index contributed by atoms with van der Waals surface area (Å²) >= 11 is 1.77. The Morgan fingerprint density at radius 3 is 2.54 bits per heavy atom. The van der Waals surface area contributed by atoms with Gasteiger partial charge in [0.05, 0.1) is 7.11 Å². The van der Waals surface area contributed by atoms with Gasteiger partial charge in [-0.1, -0.05) is 0 Å². The van der Waals surface area contributed by atoms with Crippen LogP contribution >= 0.6 is 11.3 Å². The molecule has 0 amide bonds. The van der Waals surface area contributed by atoms with E-state index in [9.17, 15) is 0 Å². The lowest BCUT2D eigenvalue weighted by Gasteiger charge is -2.41. The van der Waals surface area contributed by atoms with Crippen molar-refractivity contribution < 1.29 is 4.74 Å². The number of piperidine rings is 1. The molecule has 142 valence electrons. The van der Waals surface area contributed by atoms with Crippen LogP contribution in [0.2, 0.25) is 0 Å². The summed E-state index contributed by atoms with van der Waals surface area (Å²) in [4.78, 5) is 5.17. The van der Waals surface area contributed by atoms with E-state index in [1.807, 2.05) is 0 Å². The number of ether oxygens (including phenoxy) is 1. The van der Waals surface area contributed by atoms with Gasteiger partial charge < -0.3 is 20.3 Å². The zero-order chi connectivity index (χ0) is 18.4. The SMILES string of the molecule is COc1ccc(N(Cc2ccsc2)C2CCN([C@H](C)CCN)CC2)cc1. The van der Waals surface area contributed by atoms with E-state index >= 15 is 0 Å². The quantitative estimate of drug-likeness (QED) is 0.760. The summed E-state index contributed by atoms with van der Waals surface area (Å²) in [7, 11) is 1.72. The standard InChI is InChI=1S/C21H31N3OS/c1-17(7-11-22)23-12-8-20(9-13-23)24(15-18-10-14-26-16-18)19-3-5-21(25-2)6-4-19/h3-6,10,14,16-17,20H,7-9,11-13,15,22H2,1-2H3/t17-/m1/s1. The van der Waals surface area contributed by atoms with Crippen LogP contribution in [0.4, 0.5) is 5.69 Å². The molecular formula is C21H31N3OS. The van der Waals surface area contributed by atoms with Crippen LogP contribution in [-0.2, 0) is 6.54 Å². The Balaban J connectivity index is 1.71. The average molecular weight is 374 g/mol. The van der Waals surface area contributed by atoms with Crippen molar-refractivity contribution in [1.82, 2.24) is 4.90 Å². The molecule has 0 radical (unpaired) electrons. The Morgan fingerprint density at radius 2 is 1.96 bits per heavy atom. The van der Waals surface area contributed by atoms with Gasteiger partial charge in [-0.2, -0.15) is 11.3 Å². The number of anilines is 1. The van der Waals surface area contributed by atoms with Gasteiger partial charge in [0.15, 0.2) is 0 Å². The zero-order valence-electron chi connectivity index (χ0n) is 15.9. The van der Waals surface area contributed by atoms with E-state index in [-0.39, 0.29) is 0 Å². The summed E-state index contributed by atoms with van der Waals surface area (Å²) in [6.07, 6.45) is 3.48. The van der Waals surface area contributed by atoms with Crippen LogP contribution < -0.4 is 15.4 Å². The van der Waals surface area contributed by atoms with Gasteiger partial charge in [0.2, 0.25) is 0 Å². The van der Waals surface area contributed by atoms with Gasteiger partial charge in [-0.3, -0.25) is 0 Å². The van der Waals surface area contributed by atoms with Gasteiger partial charge in [0.1, 0.15) is 5.75 Å². The Hall–Kier alpha value is -1.56. The minimum atomic E-state index is 0.574. The predicted molar refractivity (Wildman–Crippen MR) is 111 cm³/mol. The van der Waals surface area contributed by atoms with Crippen LogP contribution in [0.5, 0.6) is 5.75 Å². The Morgan fingerprint density at radius 1 is 1.23 bits per heavy atom. The first-order valence-electron chi connectivity index (χ1n) is 9.57. The summed E-state index contributed by atoms with van der Waals surface area (Å²) < 4.78 is 5.33. The summed E-state index contributed by atoms with van der Waals surface area (Å²) in [5.74, 6) is 0.912. The average Bonchev–Trinajstić information content (AvgIpc) is 3.20. The van der Waals surface area contributed by atoms with E-state index in [0.717, 1.165) is 38.3 Å². The van der Waals surface area contributed by atoms with Crippen molar-refractivity contribution in [2.45, 2.75) is 44.8 Å². The van der Waals surface area contributed by atoms with Crippen LogP contribution in [-0.4, -0.2) is 43.7 Å². The number of rotatable bonds is 8. The van der Waals surface area contributed by atoms with Crippen molar-refractivity contribution in [2.75, 3.05) is 31.6 Å². The third-order valence-electron chi connectivity index (χ3n) is 5.48. The minimum Gasteiger partial charge on any atom is -0.497 e. The van der Waals surface area contributed by atoms with E-state index < -0.39 is 0 Å². The molecule has 3 rings (SSSR count). The molecule has 2 aromatic rings. The molecule has 5 heteroatoms. The lowest BCUT2D eigenvalue weighted by atomic mass is 9.99. The van der Waals surface area contributed by atoms with Gasteiger partial charge in [0.25, 0.3) is 0 Å². The number of hydrogen-bond donors (Lipinski definition) is 1. The van der Waals surface area contributed by atoms with Crippen molar-refractivity contribution in [3.05, 3.63) is 46.7 Å². The van der Waals surface area contributed by atoms with Gasteiger partial charge in [-0.15, -0.1) is 0 Å². The van der Waals surface area contributed by atoms with Gasteiger partial charge in [-0.25, -0.2) is 0 Å². The largest absolute Gasteiger partial charge is 0.497 e. The van der Waals surface area contributed by atoms with Crippen LogP contribution in [0.1, 0.15) is 31.7 Å². The molecule has 2 heterocycles. The molecule has 4 nitrogen and oxygen atoms in total. The topological polar surface area (TPSA) is 41.7 Å². The van der Waals surface area contributed by atoms with Crippen LogP contribution in [0.15, 0.2) is 41.1 Å². The lowest BCUT2D eigenvalue weighted by molar-refractivity contribution is 0.154. The van der Waals surface area contributed by atoms with Crippen LogP contribution in [0, 0.1) is 0 Å². The smallest absolute Gasteiger partial charge is 0.119 e. The highest BCUT2D eigenvalue weighted by Gasteiger charge is 2.27. The van der Waals surface area contributed by atoms with Crippen LogP contribution in [0.25, 0.3) is 0 Å². The third kappa shape index (κ3) is 4.78. The highest BCUT2D eigenvalue weighted by molar-refractivity contribution is 7.07. The number of methoxy groups -OCH3 is 1. The molecule has 0 saturated carbocycles. The molecule has 0 spiro atoms. The molecule has 1 saturated heterocycles. The van der Waals surface area contributed by atoms with Crippen molar-refractivity contribution >= 4 is 17.0 Å². The first-order chi connectivity index (χ1) is 12.7. The maximum atomic E-state index is 5.74. The van der Waals surface area contributed by atoms with Crippen molar-refractivity contribution in [1.29, 1.82) is 0 Å². The minimum absolute atomic E-state index is 0.574. The molecule has 1 aromatic carbocycles. The molecule has 26 heavy (non-hydrogen) atoms. The molecule has 0 unspecified atom stereocenters. The monoisotopic (exact) mass is 373 g/mol. The first kappa shape index (κ1) is 19.2. The molecule has 1 fully saturated rings. The Bertz CT molecular complexity index is 636. The van der Waals surface area contributed by atoms with Gasteiger partial charge >= 0.3 is 0 Å². The van der Waals surface area contributed by atoms with Crippen LogP contribution in [0.3, 0.4) is 0 Å². The fourth-order valence-electron chi connectivity index (χ4n) is 3.85. The molecule has 1 aromatic heterocycles. The zero-order valence-corrected chi connectivity index (χ0v) is 16.8. The van der Waals surface area contributed by atoms with E-state index in [1.54, 1.807) is 18.4 Å². The molecular weight excluding hydrogens is 342 g/mol. The molecule has 0 bridgehead atoms. The van der Waals surface area contributed by atoms with Crippen molar-refractivity contribution in [3.63, 3.8) is 0 Å². The highest BCUT2D eigenvalue weighted by Crippen LogP contribution is 2.28. The van der Waals surface area contributed by atoms with Gasteiger partial charge in [-0.05, 0) is 79.4 Å². The Kier molecular flexibility index (Phi) is 6.94. The van der Waals surface area contributed by atoms with Crippen molar-refractivity contribution in [2.24, 2.45) is 5.73 Å². The Labute approximate surface area is 161 Å².